The Hall–Kier alpha value is -0.280. The van der Waals surface area contributed by atoms with Crippen LogP contribution >= 0.6 is 23.1 Å². The van der Waals surface area contributed by atoms with Gasteiger partial charge in [0.25, 0.3) is 0 Å². The number of hydrogen-bond donors (Lipinski definition) is 0. The first-order valence-corrected chi connectivity index (χ1v) is 5.95. The smallest absolute Gasteiger partial charge is 0.182 e. The van der Waals surface area contributed by atoms with Crippen LogP contribution in [0.15, 0.2) is 6.07 Å². The molecule has 66 valence electrons. The number of carbonyl (C=O) groups is 1. The van der Waals surface area contributed by atoms with Crippen LogP contribution in [0.4, 0.5) is 0 Å². The zero-order valence-electron chi connectivity index (χ0n) is 7.51. The third-order valence-electron chi connectivity index (χ3n) is 1.72. The molecular weight excluding hydrogens is 188 g/mol. The lowest BCUT2D eigenvalue weighted by Gasteiger charge is -1.91. The van der Waals surface area contributed by atoms with Crippen LogP contribution < -0.4 is 0 Å². The van der Waals surface area contributed by atoms with E-state index in [1.807, 2.05) is 19.2 Å². The Morgan fingerprint density at radius 2 is 2.25 bits per heavy atom. The highest BCUT2D eigenvalue weighted by Crippen LogP contribution is 2.21. The molecule has 0 atom stereocenters. The third-order valence-corrected chi connectivity index (χ3v) is 3.46. The van der Waals surface area contributed by atoms with Crippen molar-refractivity contribution in [1.82, 2.24) is 0 Å². The molecule has 0 amide bonds. The number of thioether (sulfide) groups is 1. The molecule has 0 fully saturated rings. The molecule has 3 heteroatoms. The lowest BCUT2D eigenvalue weighted by atomic mass is 10.2. The molecule has 0 aliphatic heterocycles. The molecule has 0 saturated heterocycles. The van der Waals surface area contributed by atoms with Gasteiger partial charge in [0.05, 0.1) is 10.6 Å². The van der Waals surface area contributed by atoms with Crippen molar-refractivity contribution in [2.75, 3.05) is 12.0 Å². The average Bonchev–Trinajstić information content (AvgIpc) is 2.33. The molecule has 0 saturated carbocycles. The predicted octanol–water partition coefficient (Wildman–Crippen LogP) is 2.91. The molecule has 0 bridgehead atoms. The molecule has 1 aromatic heterocycles. The van der Waals surface area contributed by atoms with Gasteiger partial charge in [0.15, 0.2) is 5.78 Å². The van der Waals surface area contributed by atoms with Crippen LogP contribution in [0.3, 0.4) is 0 Å². The summed E-state index contributed by atoms with van der Waals surface area (Å²) >= 11 is 3.18. The standard InChI is InChI=1S/C9H12OS2/c1-6-4-9(12-7(6)2)8(10)5-11-3/h4H,5H2,1-3H3. The van der Waals surface area contributed by atoms with Crippen molar-refractivity contribution in [3.05, 3.63) is 21.4 Å². The molecule has 12 heavy (non-hydrogen) atoms. The third kappa shape index (κ3) is 2.11. The molecule has 0 N–H and O–H groups in total. The maximum atomic E-state index is 11.4. The summed E-state index contributed by atoms with van der Waals surface area (Å²) in [6, 6.07) is 1.98. The van der Waals surface area contributed by atoms with Gasteiger partial charge in [0.2, 0.25) is 0 Å². The molecule has 0 unspecified atom stereocenters. The summed E-state index contributed by atoms with van der Waals surface area (Å²) in [7, 11) is 0. The summed E-state index contributed by atoms with van der Waals surface area (Å²) in [5.41, 5.74) is 1.23. The molecule has 1 aromatic rings. The van der Waals surface area contributed by atoms with Gasteiger partial charge in [-0.25, -0.2) is 0 Å². The Labute approximate surface area is 81.2 Å². The number of Topliss-reactive ketones (excluding diaryl/α,β-unsaturated/α-hetero) is 1. The number of hydrogen-bond acceptors (Lipinski definition) is 3. The van der Waals surface area contributed by atoms with Gasteiger partial charge in [0, 0.05) is 4.88 Å². The van der Waals surface area contributed by atoms with Gasteiger partial charge in [-0.2, -0.15) is 11.8 Å². The van der Waals surface area contributed by atoms with E-state index in [0.717, 1.165) is 4.88 Å². The van der Waals surface area contributed by atoms with Crippen LogP contribution in [0.2, 0.25) is 0 Å². The fourth-order valence-corrected chi connectivity index (χ4v) is 2.39. The summed E-state index contributed by atoms with van der Waals surface area (Å²) < 4.78 is 0. The molecule has 0 aliphatic carbocycles. The summed E-state index contributed by atoms with van der Waals surface area (Å²) in [5, 5.41) is 0. The van der Waals surface area contributed by atoms with Crippen molar-refractivity contribution >= 4 is 28.9 Å². The second-order valence-corrected chi connectivity index (χ2v) is 4.83. The lowest BCUT2D eigenvalue weighted by Crippen LogP contribution is -1.98. The highest BCUT2D eigenvalue weighted by molar-refractivity contribution is 7.99. The molecular formula is C9H12OS2. The second-order valence-electron chi connectivity index (χ2n) is 2.71. The Kier molecular flexibility index (Phi) is 3.35. The number of ketones is 1. The van der Waals surface area contributed by atoms with E-state index in [4.69, 9.17) is 0 Å². The maximum absolute atomic E-state index is 11.4. The van der Waals surface area contributed by atoms with Gasteiger partial charge in [-0.1, -0.05) is 0 Å². The van der Waals surface area contributed by atoms with E-state index in [1.165, 1.54) is 10.4 Å². The Morgan fingerprint density at radius 3 is 2.67 bits per heavy atom. The van der Waals surface area contributed by atoms with Crippen LogP contribution in [0.5, 0.6) is 0 Å². The zero-order chi connectivity index (χ0) is 9.14. The van der Waals surface area contributed by atoms with Gasteiger partial charge < -0.3 is 0 Å². The molecule has 1 nitrogen and oxygen atoms in total. The van der Waals surface area contributed by atoms with E-state index in [0.29, 0.717) is 5.75 Å². The molecule has 1 rings (SSSR count). The molecule has 0 aromatic carbocycles. The second kappa shape index (κ2) is 4.10. The van der Waals surface area contributed by atoms with E-state index in [-0.39, 0.29) is 5.78 Å². The Balaban J connectivity index is 2.82. The van der Waals surface area contributed by atoms with E-state index >= 15 is 0 Å². The van der Waals surface area contributed by atoms with E-state index in [2.05, 4.69) is 6.92 Å². The first kappa shape index (κ1) is 9.81. The largest absolute Gasteiger partial charge is 0.292 e. The van der Waals surface area contributed by atoms with Crippen LogP contribution in [-0.2, 0) is 0 Å². The summed E-state index contributed by atoms with van der Waals surface area (Å²) in [5.74, 6) is 0.850. The first-order valence-electron chi connectivity index (χ1n) is 3.74. The first-order chi connectivity index (χ1) is 5.65. The fraction of sp³-hybridized carbons (Fsp3) is 0.444. The topological polar surface area (TPSA) is 17.1 Å². The van der Waals surface area contributed by atoms with Gasteiger partial charge in [-0.05, 0) is 31.7 Å². The van der Waals surface area contributed by atoms with Crippen molar-refractivity contribution in [3.8, 4) is 0 Å². The van der Waals surface area contributed by atoms with Gasteiger partial charge >= 0.3 is 0 Å². The molecule has 1 heterocycles. The minimum atomic E-state index is 0.253. The summed E-state index contributed by atoms with van der Waals surface area (Å²) in [6.45, 7) is 4.09. The summed E-state index contributed by atoms with van der Waals surface area (Å²) in [6.07, 6.45) is 1.95. The lowest BCUT2D eigenvalue weighted by molar-refractivity contribution is 0.102. The molecule has 0 spiro atoms. The van der Waals surface area contributed by atoms with Crippen LogP contribution in [0.25, 0.3) is 0 Å². The predicted molar refractivity (Wildman–Crippen MR) is 56.5 cm³/mol. The van der Waals surface area contributed by atoms with Crippen molar-refractivity contribution in [2.45, 2.75) is 13.8 Å². The van der Waals surface area contributed by atoms with Crippen molar-refractivity contribution in [1.29, 1.82) is 0 Å². The SMILES string of the molecule is CSCC(=O)c1cc(C)c(C)s1. The van der Waals surface area contributed by atoms with Crippen LogP contribution in [0, 0.1) is 13.8 Å². The quantitative estimate of drug-likeness (QED) is 0.698. The fourth-order valence-electron chi connectivity index (χ4n) is 0.913. The molecule has 0 aliphatic rings. The van der Waals surface area contributed by atoms with E-state index in [9.17, 15) is 4.79 Å². The van der Waals surface area contributed by atoms with Gasteiger partial charge in [0.1, 0.15) is 0 Å². The van der Waals surface area contributed by atoms with Crippen molar-refractivity contribution in [3.63, 3.8) is 0 Å². The number of carbonyl (C=O) groups excluding carboxylic acids is 1. The van der Waals surface area contributed by atoms with Crippen molar-refractivity contribution in [2.24, 2.45) is 0 Å². The number of rotatable bonds is 3. The van der Waals surface area contributed by atoms with Crippen LogP contribution in [0.1, 0.15) is 20.1 Å². The van der Waals surface area contributed by atoms with Crippen LogP contribution in [-0.4, -0.2) is 17.8 Å². The zero-order valence-corrected chi connectivity index (χ0v) is 9.14. The summed E-state index contributed by atoms with van der Waals surface area (Å²) in [4.78, 5) is 13.6. The van der Waals surface area contributed by atoms with E-state index < -0.39 is 0 Å². The van der Waals surface area contributed by atoms with Crippen molar-refractivity contribution < 1.29 is 4.79 Å². The normalized spacial score (nSPS) is 10.2. The van der Waals surface area contributed by atoms with Gasteiger partial charge in [-0.15, -0.1) is 11.3 Å². The highest BCUT2D eigenvalue weighted by atomic mass is 32.2. The monoisotopic (exact) mass is 200 g/mol. The Bertz CT molecular complexity index is 269. The maximum Gasteiger partial charge on any atom is 0.182 e. The minimum absolute atomic E-state index is 0.253. The number of aryl methyl sites for hydroxylation is 2. The minimum Gasteiger partial charge on any atom is -0.292 e. The van der Waals surface area contributed by atoms with E-state index in [1.54, 1.807) is 23.1 Å². The average molecular weight is 200 g/mol. The highest BCUT2D eigenvalue weighted by Gasteiger charge is 2.08. The molecule has 0 radical (unpaired) electrons. The number of thiophene rings is 1. The van der Waals surface area contributed by atoms with Gasteiger partial charge in [-0.3, -0.25) is 4.79 Å². The Morgan fingerprint density at radius 1 is 1.58 bits per heavy atom.